The van der Waals surface area contributed by atoms with Crippen LogP contribution in [0.3, 0.4) is 0 Å². The normalized spacial score (nSPS) is 16.5. The van der Waals surface area contributed by atoms with Crippen LogP contribution in [0.25, 0.3) is 0 Å². The molecule has 2 aromatic carbocycles. The Balaban J connectivity index is 1.86. The van der Waals surface area contributed by atoms with Crippen molar-refractivity contribution in [1.29, 1.82) is 0 Å². The Labute approximate surface area is 168 Å². The molecule has 0 spiro atoms. The van der Waals surface area contributed by atoms with Crippen molar-refractivity contribution in [1.82, 2.24) is 9.80 Å². The van der Waals surface area contributed by atoms with Gasteiger partial charge in [0.05, 0.1) is 5.69 Å². The van der Waals surface area contributed by atoms with Gasteiger partial charge < -0.3 is 14.5 Å². The first-order chi connectivity index (χ1) is 13.2. The molecule has 0 aliphatic carbocycles. The molecule has 8 heteroatoms. The molecule has 1 aliphatic rings. The first-order valence-corrected chi connectivity index (χ1v) is 8.94. The molecule has 1 heterocycles. The quantitative estimate of drug-likeness (QED) is 0.732. The van der Waals surface area contributed by atoms with E-state index in [0.29, 0.717) is 22.0 Å². The Morgan fingerprint density at radius 3 is 2.32 bits per heavy atom. The fourth-order valence-electron chi connectivity index (χ4n) is 2.93. The summed E-state index contributed by atoms with van der Waals surface area (Å²) in [6, 6.07) is 10.4. The lowest BCUT2D eigenvalue weighted by molar-refractivity contribution is -0.119. The van der Waals surface area contributed by atoms with E-state index in [-0.39, 0.29) is 5.91 Å². The first-order valence-electron chi connectivity index (χ1n) is 8.56. The molecule has 1 fully saturated rings. The lowest BCUT2D eigenvalue weighted by atomic mass is 10.1. The summed E-state index contributed by atoms with van der Waals surface area (Å²) in [6.07, 6.45) is -0.499. The summed E-state index contributed by atoms with van der Waals surface area (Å²) in [7, 11) is 4.75. The highest BCUT2D eigenvalue weighted by molar-refractivity contribution is 6.31. The zero-order valence-corrected chi connectivity index (χ0v) is 16.7. The van der Waals surface area contributed by atoms with Crippen LogP contribution in [0.4, 0.5) is 15.3 Å². The molecule has 0 bridgehead atoms. The molecule has 1 unspecified atom stereocenters. The molecule has 28 heavy (non-hydrogen) atoms. The van der Waals surface area contributed by atoms with E-state index in [2.05, 4.69) is 0 Å². The number of hydrogen-bond acceptors (Lipinski definition) is 4. The number of hydrogen-bond donors (Lipinski definition) is 0. The van der Waals surface area contributed by atoms with Crippen LogP contribution in [0.1, 0.15) is 17.2 Å². The number of benzene rings is 2. The van der Waals surface area contributed by atoms with Crippen LogP contribution in [-0.4, -0.2) is 49.0 Å². The number of nitrogens with zero attached hydrogens (tertiary/aromatic N) is 3. The van der Waals surface area contributed by atoms with Crippen LogP contribution in [0.5, 0.6) is 5.75 Å². The van der Waals surface area contributed by atoms with Crippen molar-refractivity contribution in [2.75, 3.05) is 26.0 Å². The van der Waals surface area contributed by atoms with Gasteiger partial charge in [0.15, 0.2) is 0 Å². The number of imide groups is 1. The fourth-order valence-corrected chi connectivity index (χ4v) is 3.05. The molecular weight excluding hydrogens is 382 g/mol. The minimum absolute atomic E-state index is 0.354. The number of anilines is 1. The Bertz CT molecular complexity index is 943. The zero-order chi connectivity index (χ0) is 20.6. The number of aryl methyl sites for hydroxylation is 1. The topological polar surface area (TPSA) is 70.2 Å². The summed E-state index contributed by atoms with van der Waals surface area (Å²) in [5, 5.41) is 0.565. The van der Waals surface area contributed by atoms with Crippen molar-refractivity contribution in [3.8, 4) is 5.75 Å². The molecule has 0 N–H and O–H groups in total. The predicted molar refractivity (Wildman–Crippen MR) is 106 cm³/mol. The highest BCUT2D eigenvalue weighted by Crippen LogP contribution is 2.35. The fraction of sp³-hybridized carbons (Fsp3) is 0.250. The smallest absolute Gasteiger partial charge is 0.410 e. The first kappa shape index (κ1) is 19.7. The zero-order valence-electron chi connectivity index (χ0n) is 16.0. The van der Waals surface area contributed by atoms with Crippen LogP contribution in [0, 0.1) is 6.92 Å². The molecule has 0 aromatic heterocycles. The monoisotopic (exact) mass is 401 g/mol. The van der Waals surface area contributed by atoms with Gasteiger partial charge in [-0.25, -0.2) is 14.5 Å². The second kappa shape index (κ2) is 7.52. The van der Waals surface area contributed by atoms with Gasteiger partial charge >= 0.3 is 12.1 Å². The van der Waals surface area contributed by atoms with Gasteiger partial charge in [0.1, 0.15) is 11.8 Å². The van der Waals surface area contributed by atoms with Gasteiger partial charge in [-0.05, 0) is 48.4 Å². The van der Waals surface area contributed by atoms with Crippen molar-refractivity contribution >= 4 is 35.3 Å². The maximum absolute atomic E-state index is 13.0. The van der Waals surface area contributed by atoms with E-state index in [1.54, 1.807) is 63.6 Å². The summed E-state index contributed by atoms with van der Waals surface area (Å²) >= 11 is 6.05. The van der Waals surface area contributed by atoms with Crippen LogP contribution >= 0.6 is 11.6 Å². The predicted octanol–water partition coefficient (Wildman–Crippen LogP) is 3.85. The third kappa shape index (κ3) is 3.53. The molecule has 3 rings (SSSR count). The Hall–Kier alpha value is -3.06. The minimum atomic E-state index is -0.762. The van der Waals surface area contributed by atoms with Gasteiger partial charge in [0, 0.05) is 26.2 Å². The number of rotatable bonds is 3. The van der Waals surface area contributed by atoms with E-state index < -0.39 is 18.2 Å². The maximum atomic E-state index is 13.0. The molecule has 0 radical (unpaired) electrons. The van der Waals surface area contributed by atoms with Gasteiger partial charge in [-0.1, -0.05) is 23.7 Å². The van der Waals surface area contributed by atoms with Crippen molar-refractivity contribution < 1.29 is 19.1 Å². The molecule has 1 saturated heterocycles. The molecule has 1 atom stereocenters. The van der Waals surface area contributed by atoms with Crippen molar-refractivity contribution in [2.45, 2.75) is 13.0 Å². The molecule has 1 aliphatic heterocycles. The summed E-state index contributed by atoms with van der Waals surface area (Å²) in [5.41, 5.74) is 1.87. The number of urea groups is 1. The van der Waals surface area contributed by atoms with Gasteiger partial charge in [-0.3, -0.25) is 4.79 Å². The third-order valence-corrected chi connectivity index (χ3v) is 4.92. The Morgan fingerprint density at radius 2 is 1.75 bits per heavy atom. The SMILES string of the molecule is Cc1cc(N2C(=O)C(c3ccc(OC(=O)N(C)C)cc3)N(C)C2=O)ccc1Cl. The highest BCUT2D eigenvalue weighted by Gasteiger charge is 2.44. The van der Waals surface area contributed by atoms with Crippen LogP contribution in [0.2, 0.25) is 5.02 Å². The highest BCUT2D eigenvalue weighted by atomic mass is 35.5. The molecular formula is C20H20ClN3O4. The summed E-state index contributed by atoms with van der Waals surface area (Å²) < 4.78 is 5.18. The lowest BCUT2D eigenvalue weighted by Crippen LogP contribution is -2.31. The third-order valence-electron chi connectivity index (χ3n) is 4.50. The summed E-state index contributed by atoms with van der Waals surface area (Å²) in [6.45, 7) is 1.81. The molecule has 146 valence electrons. The van der Waals surface area contributed by atoms with Crippen LogP contribution in [0.15, 0.2) is 42.5 Å². The molecule has 7 nitrogen and oxygen atoms in total. The largest absolute Gasteiger partial charge is 0.414 e. The number of ether oxygens (including phenoxy) is 1. The van der Waals surface area contributed by atoms with E-state index in [9.17, 15) is 14.4 Å². The Morgan fingerprint density at radius 1 is 1.11 bits per heavy atom. The van der Waals surface area contributed by atoms with Crippen LogP contribution < -0.4 is 9.64 Å². The second-order valence-electron chi connectivity index (χ2n) is 6.73. The number of carbonyl (C=O) groups is 3. The summed E-state index contributed by atoms with van der Waals surface area (Å²) in [4.78, 5) is 41.2. The molecule has 0 saturated carbocycles. The lowest BCUT2D eigenvalue weighted by Gasteiger charge is -2.17. The number of likely N-dealkylation sites (N-methyl/N-ethyl adjacent to an activating group) is 1. The van der Waals surface area contributed by atoms with E-state index >= 15 is 0 Å². The number of carbonyl (C=O) groups excluding carboxylic acids is 3. The van der Waals surface area contributed by atoms with Crippen LogP contribution in [-0.2, 0) is 4.79 Å². The van der Waals surface area contributed by atoms with E-state index in [0.717, 1.165) is 10.5 Å². The maximum Gasteiger partial charge on any atom is 0.414 e. The van der Waals surface area contributed by atoms with E-state index in [4.69, 9.17) is 16.3 Å². The average molecular weight is 402 g/mol. The summed E-state index contributed by atoms with van der Waals surface area (Å²) in [5.74, 6) is -0.000633. The molecule has 2 aromatic rings. The van der Waals surface area contributed by atoms with Crippen molar-refractivity contribution in [2.24, 2.45) is 0 Å². The molecule has 4 amide bonds. The van der Waals surface area contributed by atoms with Crippen molar-refractivity contribution in [3.63, 3.8) is 0 Å². The van der Waals surface area contributed by atoms with Gasteiger partial charge in [0.2, 0.25) is 0 Å². The van der Waals surface area contributed by atoms with E-state index in [1.807, 2.05) is 6.92 Å². The minimum Gasteiger partial charge on any atom is -0.410 e. The van der Waals surface area contributed by atoms with Gasteiger partial charge in [-0.2, -0.15) is 0 Å². The Kier molecular flexibility index (Phi) is 5.29. The number of halogens is 1. The van der Waals surface area contributed by atoms with E-state index in [1.165, 1.54) is 9.80 Å². The number of amides is 4. The van der Waals surface area contributed by atoms with Gasteiger partial charge in [-0.15, -0.1) is 0 Å². The standard InChI is InChI=1S/C20H20ClN3O4/c1-12-11-14(7-10-16(12)21)24-18(25)17(23(4)19(24)26)13-5-8-15(9-6-13)28-20(27)22(2)3/h5-11,17H,1-4H3. The van der Waals surface area contributed by atoms with Gasteiger partial charge in [0.25, 0.3) is 5.91 Å². The second-order valence-corrected chi connectivity index (χ2v) is 7.14. The average Bonchev–Trinajstić information content (AvgIpc) is 2.87. The van der Waals surface area contributed by atoms with Crippen molar-refractivity contribution in [3.05, 3.63) is 58.6 Å².